The van der Waals surface area contributed by atoms with Gasteiger partial charge in [0.25, 0.3) is 0 Å². The number of carbonyl (C=O) groups is 3. The van der Waals surface area contributed by atoms with Gasteiger partial charge in [0.15, 0.2) is 5.17 Å². The average Bonchev–Trinajstić information content (AvgIpc) is 2.94. The number of thioether (sulfide) groups is 1. The third-order valence-electron chi connectivity index (χ3n) is 4.46. The van der Waals surface area contributed by atoms with Crippen LogP contribution in [-0.2, 0) is 23.9 Å². The van der Waals surface area contributed by atoms with Crippen molar-refractivity contribution in [3.63, 3.8) is 0 Å². The third kappa shape index (κ3) is 4.35. The number of carbonyl (C=O) groups excluding carboxylic acids is 3. The molecule has 8 nitrogen and oxygen atoms in total. The molecule has 0 spiro atoms. The van der Waals surface area contributed by atoms with Crippen molar-refractivity contribution in [2.45, 2.75) is 32.1 Å². The van der Waals surface area contributed by atoms with Crippen LogP contribution in [0.3, 0.4) is 0 Å². The van der Waals surface area contributed by atoms with Crippen molar-refractivity contribution in [2.75, 3.05) is 20.3 Å². The molecule has 0 aliphatic carbocycles. The van der Waals surface area contributed by atoms with Crippen molar-refractivity contribution in [3.05, 3.63) is 41.1 Å². The Morgan fingerprint density at radius 2 is 1.90 bits per heavy atom. The molecule has 3 rings (SSSR count). The lowest BCUT2D eigenvalue weighted by Crippen LogP contribution is -2.40. The second-order valence-electron chi connectivity index (χ2n) is 6.56. The number of aliphatic imine (C=N–C) groups is 1. The molecular weight excluding hydrogens is 396 g/mol. The largest absolute Gasteiger partial charge is 0.460 e. The highest BCUT2D eigenvalue weighted by atomic mass is 32.2. The summed E-state index contributed by atoms with van der Waals surface area (Å²) < 4.78 is 15.3. The molecule has 2 atom stereocenters. The number of amides is 1. The Labute approximate surface area is 172 Å². The Hall–Kier alpha value is -2.65. The zero-order chi connectivity index (χ0) is 21.1. The molecule has 0 N–H and O–H groups in total. The highest BCUT2D eigenvalue weighted by Crippen LogP contribution is 2.43. The van der Waals surface area contributed by atoms with E-state index in [1.807, 2.05) is 0 Å². The van der Waals surface area contributed by atoms with Gasteiger partial charge in [-0.1, -0.05) is 23.9 Å². The van der Waals surface area contributed by atoms with Gasteiger partial charge in [-0.2, -0.15) is 0 Å². The number of amidine groups is 1. The van der Waals surface area contributed by atoms with E-state index in [-0.39, 0.29) is 24.4 Å². The van der Waals surface area contributed by atoms with Crippen LogP contribution >= 0.6 is 11.8 Å². The minimum absolute atomic E-state index is 0.0971. The summed E-state index contributed by atoms with van der Waals surface area (Å²) in [6.07, 6.45) is 0. The van der Waals surface area contributed by atoms with Gasteiger partial charge >= 0.3 is 11.9 Å². The highest BCUT2D eigenvalue weighted by molar-refractivity contribution is 8.15. The van der Waals surface area contributed by atoms with E-state index in [1.165, 1.54) is 30.7 Å². The topological polar surface area (TPSA) is 94.5 Å². The van der Waals surface area contributed by atoms with Crippen LogP contribution in [0.5, 0.6) is 5.75 Å². The van der Waals surface area contributed by atoms with Crippen molar-refractivity contribution in [1.29, 1.82) is 0 Å². The number of nitrogens with zero attached hydrogens (tertiary/aromatic N) is 2. The molecule has 0 saturated carbocycles. The Morgan fingerprint density at radius 1 is 1.21 bits per heavy atom. The lowest BCUT2D eigenvalue weighted by molar-refractivity contribution is -0.141. The maximum atomic E-state index is 12.8. The Bertz CT molecular complexity index is 893. The third-order valence-corrected chi connectivity index (χ3v) is 5.51. The molecule has 2 heterocycles. The molecule has 1 aromatic carbocycles. The fourth-order valence-electron chi connectivity index (χ4n) is 3.16. The zero-order valence-corrected chi connectivity index (χ0v) is 17.4. The maximum Gasteiger partial charge on any atom is 0.338 e. The standard InChI is InChI=1S/C20H22N2O6S/c1-11-16(19(25)27-10-9-26-4)17(22-18(24)12(2)29-20(22)21-11)14-5-7-15(8-6-14)28-13(3)23/h5-8,12,17H,9-10H2,1-4H3. The monoisotopic (exact) mass is 418 g/mol. The van der Waals surface area contributed by atoms with E-state index in [2.05, 4.69) is 4.99 Å². The quantitative estimate of drug-likeness (QED) is 0.398. The summed E-state index contributed by atoms with van der Waals surface area (Å²) in [6.45, 7) is 5.22. The van der Waals surface area contributed by atoms with Gasteiger partial charge in [0.2, 0.25) is 5.91 Å². The minimum atomic E-state index is -0.672. The van der Waals surface area contributed by atoms with E-state index < -0.39 is 18.0 Å². The number of esters is 2. The van der Waals surface area contributed by atoms with Crippen molar-refractivity contribution in [2.24, 2.45) is 4.99 Å². The first-order valence-electron chi connectivity index (χ1n) is 9.07. The number of hydrogen-bond acceptors (Lipinski definition) is 8. The molecule has 1 fully saturated rings. The van der Waals surface area contributed by atoms with Crippen LogP contribution in [0.2, 0.25) is 0 Å². The van der Waals surface area contributed by atoms with Gasteiger partial charge in [-0.15, -0.1) is 0 Å². The van der Waals surface area contributed by atoms with E-state index in [0.29, 0.717) is 27.8 Å². The summed E-state index contributed by atoms with van der Waals surface area (Å²) in [7, 11) is 1.52. The van der Waals surface area contributed by atoms with E-state index >= 15 is 0 Å². The number of rotatable bonds is 6. The van der Waals surface area contributed by atoms with Gasteiger partial charge in [0.05, 0.1) is 29.2 Å². The van der Waals surface area contributed by atoms with Crippen molar-refractivity contribution >= 4 is 34.8 Å². The van der Waals surface area contributed by atoms with Crippen LogP contribution in [0.25, 0.3) is 0 Å². The zero-order valence-electron chi connectivity index (χ0n) is 16.6. The number of methoxy groups -OCH3 is 1. The van der Waals surface area contributed by atoms with E-state index in [1.54, 1.807) is 38.1 Å². The molecular formula is C20H22N2O6S. The molecule has 0 radical (unpaired) electrons. The van der Waals surface area contributed by atoms with E-state index in [4.69, 9.17) is 14.2 Å². The van der Waals surface area contributed by atoms with E-state index in [0.717, 1.165) is 0 Å². The summed E-state index contributed by atoms with van der Waals surface area (Å²) in [5.74, 6) is -0.722. The fraction of sp³-hybridized carbons (Fsp3) is 0.400. The molecule has 1 saturated heterocycles. The van der Waals surface area contributed by atoms with Gasteiger partial charge in [-0.05, 0) is 31.5 Å². The molecule has 2 unspecified atom stereocenters. The summed E-state index contributed by atoms with van der Waals surface area (Å²) >= 11 is 1.36. The van der Waals surface area contributed by atoms with Crippen LogP contribution in [0.15, 0.2) is 40.5 Å². The highest BCUT2D eigenvalue weighted by Gasteiger charge is 2.46. The molecule has 29 heavy (non-hydrogen) atoms. The fourth-order valence-corrected chi connectivity index (χ4v) is 4.19. The predicted molar refractivity (Wildman–Crippen MR) is 107 cm³/mol. The Balaban J connectivity index is 2.00. The smallest absolute Gasteiger partial charge is 0.338 e. The van der Waals surface area contributed by atoms with Gasteiger partial charge in [0, 0.05) is 14.0 Å². The van der Waals surface area contributed by atoms with E-state index in [9.17, 15) is 14.4 Å². The number of fused-ring (bicyclic) bond motifs is 1. The molecule has 0 bridgehead atoms. The van der Waals surface area contributed by atoms with Crippen molar-refractivity contribution in [3.8, 4) is 5.75 Å². The average molecular weight is 418 g/mol. The molecule has 9 heteroatoms. The molecule has 1 amide bonds. The summed E-state index contributed by atoms with van der Waals surface area (Å²) in [6, 6.07) is 6.03. The maximum absolute atomic E-state index is 12.8. The number of allylic oxidation sites excluding steroid dienone is 1. The SMILES string of the molecule is COCCOC(=O)C1=C(C)N=C2SC(C)C(=O)N2C1c1ccc(OC(C)=O)cc1. The summed E-state index contributed by atoms with van der Waals surface area (Å²) in [5, 5.41) is 0.260. The molecule has 1 aromatic rings. The Morgan fingerprint density at radius 3 is 2.52 bits per heavy atom. The van der Waals surface area contributed by atoms with Crippen LogP contribution < -0.4 is 4.74 Å². The molecule has 154 valence electrons. The first-order valence-corrected chi connectivity index (χ1v) is 9.95. The lowest BCUT2D eigenvalue weighted by Gasteiger charge is -2.33. The molecule has 0 aromatic heterocycles. The minimum Gasteiger partial charge on any atom is -0.460 e. The van der Waals surface area contributed by atoms with Crippen LogP contribution in [0.4, 0.5) is 0 Å². The Kier molecular flexibility index (Phi) is 6.39. The number of hydrogen-bond donors (Lipinski definition) is 0. The van der Waals surface area contributed by atoms with Gasteiger partial charge in [0.1, 0.15) is 12.4 Å². The van der Waals surface area contributed by atoms with Crippen molar-refractivity contribution in [1.82, 2.24) is 4.90 Å². The normalized spacial score (nSPS) is 21.0. The number of ether oxygens (including phenoxy) is 3. The summed E-state index contributed by atoms with van der Waals surface area (Å²) in [5.41, 5.74) is 1.49. The molecule has 2 aliphatic heterocycles. The lowest BCUT2D eigenvalue weighted by atomic mass is 9.94. The predicted octanol–water partition coefficient (Wildman–Crippen LogP) is 2.45. The van der Waals surface area contributed by atoms with Gasteiger partial charge in [-0.25, -0.2) is 9.79 Å². The van der Waals surface area contributed by atoms with Crippen LogP contribution in [0, 0.1) is 0 Å². The van der Waals surface area contributed by atoms with Crippen LogP contribution in [0.1, 0.15) is 32.4 Å². The number of benzene rings is 1. The molecule has 2 aliphatic rings. The van der Waals surface area contributed by atoms with Gasteiger partial charge < -0.3 is 14.2 Å². The van der Waals surface area contributed by atoms with Crippen LogP contribution in [-0.4, -0.2) is 53.5 Å². The summed E-state index contributed by atoms with van der Waals surface area (Å²) in [4.78, 5) is 42.8. The van der Waals surface area contributed by atoms with Crippen molar-refractivity contribution < 1.29 is 28.6 Å². The first-order chi connectivity index (χ1) is 13.8. The first kappa shape index (κ1) is 21.1. The second kappa shape index (κ2) is 8.79. The van der Waals surface area contributed by atoms with Gasteiger partial charge in [-0.3, -0.25) is 14.5 Å². The second-order valence-corrected chi connectivity index (χ2v) is 7.86.